The van der Waals surface area contributed by atoms with Crippen molar-refractivity contribution in [2.24, 2.45) is 16.0 Å². The maximum atomic E-state index is 5.70. The molecule has 8 heteroatoms. The Morgan fingerprint density at radius 1 is 1.17 bits per heavy atom. The van der Waals surface area contributed by atoms with E-state index in [0.717, 1.165) is 69.4 Å². The Balaban J connectivity index is 1.77. The first-order valence-electron chi connectivity index (χ1n) is 11.4. The van der Waals surface area contributed by atoms with Gasteiger partial charge in [-0.05, 0) is 37.6 Å². The van der Waals surface area contributed by atoms with Crippen LogP contribution >= 0.6 is 0 Å². The summed E-state index contributed by atoms with van der Waals surface area (Å²) >= 11 is 0. The van der Waals surface area contributed by atoms with Gasteiger partial charge in [-0.3, -0.25) is 0 Å². The van der Waals surface area contributed by atoms with Gasteiger partial charge in [-0.2, -0.15) is 0 Å². The van der Waals surface area contributed by atoms with Crippen LogP contribution in [0.4, 0.5) is 23.0 Å². The summed E-state index contributed by atoms with van der Waals surface area (Å²) in [5.74, 6) is 0.865. The molecule has 2 heterocycles. The fraction of sp³-hybridized carbons (Fsp3) is 0.591. The Kier molecular flexibility index (Phi) is 8.65. The molecule has 0 saturated carbocycles. The number of hydrogen-bond acceptors (Lipinski definition) is 5. The number of benzene rings is 1. The van der Waals surface area contributed by atoms with Crippen LogP contribution in [0.15, 0.2) is 40.8 Å². The molecule has 0 unspecified atom stereocenters. The molecule has 0 amide bonds. The molecule has 1 aliphatic heterocycles. The van der Waals surface area contributed by atoms with Crippen molar-refractivity contribution in [3.05, 3.63) is 30.6 Å². The number of quaternary nitrogens is 1. The van der Waals surface area contributed by atoms with Gasteiger partial charge < -0.3 is 21.7 Å². The summed E-state index contributed by atoms with van der Waals surface area (Å²) in [6.07, 6.45) is 9.85. The smallest absolute Gasteiger partial charge is 0.382 e. The molecule has 1 aromatic heterocycles. The number of nitrogens with zero attached hydrogens (tertiary/aromatic N) is 5. The third kappa shape index (κ3) is 5.79. The van der Waals surface area contributed by atoms with Crippen molar-refractivity contribution in [3.63, 3.8) is 0 Å². The van der Waals surface area contributed by atoms with E-state index in [1.807, 2.05) is 0 Å². The minimum absolute atomic E-state index is 0.666. The highest BCUT2D eigenvalue weighted by atomic mass is 15.3. The zero-order chi connectivity index (χ0) is 21.2. The van der Waals surface area contributed by atoms with E-state index in [4.69, 9.17) is 5.73 Å². The first-order chi connectivity index (χ1) is 14.8. The number of aryl methyl sites for hydroxylation is 2. The summed E-state index contributed by atoms with van der Waals surface area (Å²) in [7, 11) is 0. The molecule has 0 aliphatic carbocycles. The van der Waals surface area contributed by atoms with Crippen molar-refractivity contribution in [3.8, 4) is 0 Å². The van der Waals surface area contributed by atoms with Crippen LogP contribution in [0, 0.1) is 0 Å². The maximum absolute atomic E-state index is 5.70. The number of nitrogens with one attached hydrogen (secondary N) is 1. The van der Waals surface area contributed by atoms with Crippen molar-refractivity contribution < 1.29 is 10.3 Å². The van der Waals surface area contributed by atoms with E-state index in [-0.39, 0.29) is 0 Å². The summed E-state index contributed by atoms with van der Waals surface area (Å²) in [6.45, 7) is 8.70. The second-order valence-electron chi connectivity index (χ2n) is 7.86. The maximum Gasteiger partial charge on any atom is 0.421 e. The molecule has 8 nitrogen and oxygen atoms in total. The van der Waals surface area contributed by atoms with E-state index in [1.54, 1.807) is 0 Å². The summed E-state index contributed by atoms with van der Waals surface area (Å²) in [6, 6.07) is 6.35. The number of rotatable bonds is 12. The third-order valence-electron chi connectivity index (χ3n) is 5.50. The topological polar surface area (TPSA) is 102 Å². The van der Waals surface area contributed by atoms with Crippen molar-refractivity contribution in [1.29, 1.82) is 0 Å². The predicted molar refractivity (Wildman–Crippen MR) is 122 cm³/mol. The molecule has 164 valence electrons. The molecule has 1 aromatic carbocycles. The number of aromatic nitrogens is 2. The number of azo groups is 1. The van der Waals surface area contributed by atoms with Gasteiger partial charge >= 0.3 is 5.95 Å². The monoisotopic (exact) mass is 414 g/mol. The zero-order valence-corrected chi connectivity index (χ0v) is 18.4. The predicted octanol–water partition coefficient (Wildman–Crippen LogP) is 2.59. The lowest BCUT2D eigenvalue weighted by molar-refractivity contribution is -0.686. The Morgan fingerprint density at radius 3 is 2.87 bits per heavy atom. The van der Waals surface area contributed by atoms with E-state index in [1.165, 1.54) is 24.9 Å². The highest BCUT2D eigenvalue weighted by Gasteiger charge is 2.19. The third-order valence-corrected chi connectivity index (χ3v) is 5.50. The van der Waals surface area contributed by atoms with Crippen molar-refractivity contribution in [2.45, 2.75) is 52.1 Å². The molecule has 1 aliphatic rings. The van der Waals surface area contributed by atoms with Crippen LogP contribution in [-0.4, -0.2) is 37.3 Å². The van der Waals surface area contributed by atoms with Crippen LogP contribution in [0.2, 0.25) is 0 Å². The molecule has 0 radical (unpaired) electrons. The largest absolute Gasteiger partial charge is 0.421 e. The van der Waals surface area contributed by atoms with Crippen LogP contribution in [0.3, 0.4) is 0 Å². The second kappa shape index (κ2) is 11.7. The number of imidazole rings is 1. The van der Waals surface area contributed by atoms with Crippen LogP contribution in [0.1, 0.15) is 39.0 Å². The average Bonchev–Trinajstić information content (AvgIpc) is 3.16. The molecule has 6 N–H and O–H groups in total. The van der Waals surface area contributed by atoms with Gasteiger partial charge in [0.05, 0.1) is 43.4 Å². The van der Waals surface area contributed by atoms with Crippen LogP contribution in [0.25, 0.3) is 0 Å². The lowest BCUT2D eigenvalue weighted by Gasteiger charge is -2.32. The number of nitrogens with two attached hydrogens (primary N) is 1. The average molecular weight is 415 g/mol. The van der Waals surface area contributed by atoms with E-state index in [0.29, 0.717) is 6.54 Å². The minimum atomic E-state index is 0.666. The Labute approximate surface area is 180 Å². The lowest BCUT2D eigenvalue weighted by atomic mass is 10.1. The Morgan fingerprint density at radius 2 is 2.07 bits per heavy atom. The van der Waals surface area contributed by atoms with Gasteiger partial charge in [-0.1, -0.05) is 24.9 Å². The van der Waals surface area contributed by atoms with E-state index < -0.39 is 0 Å². The second-order valence-corrected chi connectivity index (χ2v) is 7.86. The quantitative estimate of drug-likeness (QED) is 0.282. The molecular weight excluding hydrogens is 376 g/mol. The number of fused-ring (bicyclic) bond motifs is 1. The number of hydrogen-bond donors (Lipinski definition) is 3. The van der Waals surface area contributed by atoms with Crippen LogP contribution < -0.4 is 26.3 Å². The highest BCUT2D eigenvalue weighted by Crippen LogP contribution is 2.33. The Hall–Kier alpha value is -2.45. The minimum Gasteiger partial charge on any atom is -0.382 e. The van der Waals surface area contributed by atoms with Crippen LogP contribution in [0.5, 0.6) is 0 Å². The lowest BCUT2D eigenvalue weighted by Crippen LogP contribution is -2.51. The van der Waals surface area contributed by atoms with Crippen molar-refractivity contribution in [1.82, 2.24) is 4.57 Å². The van der Waals surface area contributed by atoms with Crippen molar-refractivity contribution >= 4 is 23.0 Å². The molecule has 0 fully saturated rings. The summed E-state index contributed by atoms with van der Waals surface area (Å²) in [5, 5.41) is 12.7. The van der Waals surface area contributed by atoms with Gasteiger partial charge in [0.25, 0.3) is 0 Å². The normalized spacial score (nSPS) is 13.6. The van der Waals surface area contributed by atoms with E-state index in [9.17, 15) is 0 Å². The first-order valence-corrected chi connectivity index (χ1v) is 11.4. The van der Waals surface area contributed by atoms with E-state index >= 15 is 0 Å². The molecule has 2 aromatic rings. The number of unbranched alkanes of at least 4 members (excludes halogenated alkanes) is 2. The van der Waals surface area contributed by atoms with Gasteiger partial charge in [0.15, 0.2) is 0 Å². The van der Waals surface area contributed by atoms with Gasteiger partial charge in [0.1, 0.15) is 5.69 Å². The van der Waals surface area contributed by atoms with Gasteiger partial charge in [-0.15, -0.1) is 0 Å². The molecular formula is C22H38N8+2. The summed E-state index contributed by atoms with van der Waals surface area (Å²) < 4.78 is 4.28. The standard InChI is InChI=1S/C22H37N8/c1-2-3-4-12-28-15-11-25-20-18-19(7-8-21(20)28)26-27-22-29(13-5-9-23)16-17-30(22)14-6-10-24/h7-8,16-18,25H,2-6,9-15,23-24H2,1H3/q+1/p+1. The molecule has 0 bridgehead atoms. The summed E-state index contributed by atoms with van der Waals surface area (Å²) in [5.41, 5.74) is 12.9. The molecule has 0 saturated heterocycles. The van der Waals surface area contributed by atoms with Gasteiger partial charge in [-0.25, -0.2) is 9.13 Å². The summed E-state index contributed by atoms with van der Waals surface area (Å²) in [4.78, 5) is 2.48. The van der Waals surface area contributed by atoms with E-state index in [2.05, 4.69) is 72.8 Å². The van der Waals surface area contributed by atoms with Gasteiger partial charge in [0.2, 0.25) is 0 Å². The highest BCUT2D eigenvalue weighted by molar-refractivity contribution is 5.75. The molecule has 3 rings (SSSR count). The molecule has 0 spiro atoms. The fourth-order valence-corrected chi connectivity index (χ4v) is 3.80. The van der Waals surface area contributed by atoms with Crippen LogP contribution in [-0.2, 0) is 13.1 Å². The molecule has 0 atom stereocenters. The fourth-order valence-electron chi connectivity index (χ4n) is 3.80. The zero-order valence-electron chi connectivity index (χ0n) is 18.4. The van der Waals surface area contributed by atoms with Gasteiger partial charge in [0, 0.05) is 31.2 Å². The van der Waals surface area contributed by atoms with Crippen molar-refractivity contribution in [2.75, 3.05) is 42.9 Å². The SMILES string of the molecule is CCCCCN1CCNc2cc(N=Nc3n(CCCN)cc[n+]3CCC[NH3+])ccc21. The Bertz CT molecular complexity index is 788. The number of anilines is 2. The molecule has 30 heavy (non-hydrogen) atoms. The first kappa shape index (κ1) is 22.2.